The molecule has 4 aromatic rings. The van der Waals surface area contributed by atoms with Gasteiger partial charge in [-0.25, -0.2) is 9.97 Å². The van der Waals surface area contributed by atoms with Crippen molar-refractivity contribution in [1.82, 2.24) is 29.8 Å². The van der Waals surface area contributed by atoms with Gasteiger partial charge in [0.2, 0.25) is 11.1 Å². The van der Waals surface area contributed by atoms with E-state index in [-0.39, 0.29) is 5.28 Å². The van der Waals surface area contributed by atoms with Gasteiger partial charge in [-0.05, 0) is 36.7 Å². The van der Waals surface area contributed by atoms with E-state index in [1.54, 1.807) is 0 Å². The van der Waals surface area contributed by atoms with Gasteiger partial charge in [-0.15, -0.1) is 5.10 Å². The van der Waals surface area contributed by atoms with Crippen molar-refractivity contribution in [1.29, 1.82) is 0 Å². The number of hydrogen-bond donors (Lipinski definition) is 1. The number of aromatic nitrogens is 6. The van der Waals surface area contributed by atoms with Gasteiger partial charge >= 0.3 is 0 Å². The minimum atomic E-state index is 0.282. The van der Waals surface area contributed by atoms with Crippen LogP contribution in [0.2, 0.25) is 5.28 Å². The Kier molecular flexibility index (Phi) is 2.28. The van der Waals surface area contributed by atoms with Crippen molar-refractivity contribution < 1.29 is 0 Å². The Morgan fingerprint density at radius 2 is 2.05 bits per heavy atom. The largest absolute Gasteiger partial charge is 0.282 e. The molecule has 0 fully saturated rings. The molecule has 0 aliphatic rings. The molecule has 0 bridgehead atoms. The minimum absolute atomic E-state index is 0.282. The van der Waals surface area contributed by atoms with E-state index in [4.69, 9.17) is 11.6 Å². The summed E-state index contributed by atoms with van der Waals surface area (Å²) in [5.74, 6) is 0.523. The summed E-state index contributed by atoms with van der Waals surface area (Å²) in [6, 6.07) is 9.58. The zero-order chi connectivity index (χ0) is 13.7. The maximum Gasteiger partial charge on any atom is 0.226 e. The van der Waals surface area contributed by atoms with Crippen molar-refractivity contribution in [3.63, 3.8) is 0 Å². The maximum absolute atomic E-state index is 6.16. The van der Waals surface area contributed by atoms with Crippen LogP contribution in [0, 0.1) is 6.92 Å². The Balaban J connectivity index is 2.07. The maximum atomic E-state index is 6.16. The Hall–Kier alpha value is -2.47. The molecule has 3 aromatic heterocycles. The predicted molar refractivity (Wildman–Crippen MR) is 75.6 cm³/mol. The minimum Gasteiger partial charge on any atom is -0.282 e. The summed E-state index contributed by atoms with van der Waals surface area (Å²) in [6.45, 7) is 1.93. The summed E-state index contributed by atoms with van der Waals surface area (Å²) in [5.41, 5.74) is 3.11. The van der Waals surface area contributed by atoms with Gasteiger partial charge in [-0.2, -0.15) is 9.61 Å². The van der Waals surface area contributed by atoms with Crippen LogP contribution in [-0.2, 0) is 0 Å². The van der Waals surface area contributed by atoms with E-state index >= 15 is 0 Å². The van der Waals surface area contributed by atoms with Gasteiger partial charge in [-0.1, -0.05) is 12.1 Å². The van der Waals surface area contributed by atoms with Gasteiger partial charge in [0.1, 0.15) is 5.69 Å². The topological polar surface area (TPSA) is 71.8 Å². The molecule has 7 heteroatoms. The molecular weight excluding hydrogens is 276 g/mol. The predicted octanol–water partition coefficient (Wildman–Crippen LogP) is 2.63. The number of para-hydroxylation sites is 1. The first kappa shape index (κ1) is 11.4. The van der Waals surface area contributed by atoms with Crippen LogP contribution in [0.25, 0.3) is 28.1 Å². The summed E-state index contributed by atoms with van der Waals surface area (Å²) in [5, 5.41) is 12.6. The van der Waals surface area contributed by atoms with E-state index in [1.807, 2.05) is 37.3 Å². The molecule has 0 spiro atoms. The van der Waals surface area contributed by atoms with E-state index in [1.165, 1.54) is 4.52 Å². The van der Waals surface area contributed by atoms with Gasteiger partial charge in [0.25, 0.3) is 0 Å². The molecule has 0 aliphatic carbocycles. The summed E-state index contributed by atoms with van der Waals surface area (Å²) < 4.78 is 1.53. The molecule has 98 valence electrons. The number of H-pyrrole nitrogens is 1. The highest BCUT2D eigenvalue weighted by molar-refractivity contribution is 6.29. The van der Waals surface area contributed by atoms with Gasteiger partial charge in [0.15, 0.2) is 5.65 Å². The number of rotatable bonds is 1. The number of nitrogens with one attached hydrogen (secondary N) is 1. The van der Waals surface area contributed by atoms with E-state index in [9.17, 15) is 0 Å². The lowest BCUT2D eigenvalue weighted by molar-refractivity contribution is 0.933. The lowest BCUT2D eigenvalue weighted by Gasteiger charge is -1.99. The number of aromatic amines is 1. The van der Waals surface area contributed by atoms with Crippen LogP contribution in [-0.4, -0.2) is 29.8 Å². The van der Waals surface area contributed by atoms with Crippen LogP contribution in [0.15, 0.2) is 30.3 Å². The summed E-state index contributed by atoms with van der Waals surface area (Å²) >= 11 is 6.16. The average Bonchev–Trinajstić information content (AvgIpc) is 3.05. The van der Waals surface area contributed by atoms with Crippen molar-refractivity contribution >= 4 is 28.2 Å². The van der Waals surface area contributed by atoms with E-state index in [0.717, 1.165) is 16.6 Å². The van der Waals surface area contributed by atoms with Gasteiger partial charge in [0, 0.05) is 11.1 Å². The molecule has 0 saturated heterocycles. The zero-order valence-electron chi connectivity index (χ0n) is 10.5. The molecule has 0 amide bonds. The Labute approximate surface area is 118 Å². The number of benzene rings is 1. The molecule has 20 heavy (non-hydrogen) atoms. The molecule has 4 rings (SSSR count). The molecule has 0 saturated carbocycles. The second-order valence-electron chi connectivity index (χ2n) is 4.51. The van der Waals surface area contributed by atoms with Crippen molar-refractivity contribution in [2.24, 2.45) is 0 Å². The molecule has 0 aliphatic heterocycles. The Bertz CT molecular complexity index is 938. The van der Waals surface area contributed by atoms with Crippen LogP contribution in [0.1, 0.15) is 5.69 Å². The number of nitrogens with zero attached hydrogens (tertiary/aromatic N) is 5. The highest BCUT2D eigenvalue weighted by atomic mass is 35.5. The van der Waals surface area contributed by atoms with E-state index in [2.05, 4.69) is 25.3 Å². The van der Waals surface area contributed by atoms with Crippen LogP contribution in [0.3, 0.4) is 0 Å². The second-order valence-corrected chi connectivity index (χ2v) is 4.84. The average molecular weight is 285 g/mol. The lowest BCUT2D eigenvalue weighted by atomic mass is 10.2. The first-order chi connectivity index (χ1) is 9.72. The molecule has 0 atom stereocenters. The quantitative estimate of drug-likeness (QED) is 0.545. The zero-order valence-corrected chi connectivity index (χ0v) is 11.3. The molecular formula is C13H9ClN6. The van der Waals surface area contributed by atoms with Crippen molar-refractivity contribution in [3.05, 3.63) is 41.3 Å². The first-order valence-electron chi connectivity index (χ1n) is 6.06. The SMILES string of the molecule is Cc1cc(-c2nc3c4ccccc4nc(Cl)n3n2)n[nH]1. The summed E-state index contributed by atoms with van der Waals surface area (Å²) in [7, 11) is 0. The smallest absolute Gasteiger partial charge is 0.226 e. The van der Waals surface area contributed by atoms with E-state index in [0.29, 0.717) is 17.2 Å². The summed E-state index contributed by atoms with van der Waals surface area (Å²) in [4.78, 5) is 8.84. The van der Waals surface area contributed by atoms with Crippen LogP contribution < -0.4 is 0 Å². The van der Waals surface area contributed by atoms with Gasteiger partial charge in [0.05, 0.1) is 5.52 Å². The van der Waals surface area contributed by atoms with Crippen molar-refractivity contribution in [2.45, 2.75) is 6.92 Å². The second kappa shape index (κ2) is 4.01. The Morgan fingerprint density at radius 1 is 1.20 bits per heavy atom. The third-order valence-electron chi connectivity index (χ3n) is 3.07. The van der Waals surface area contributed by atoms with Crippen LogP contribution >= 0.6 is 11.6 Å². The fourth-order valence-corrected chi connectivity index (χ4v) is 2.37. The molecule has 0 unspecified atom stereocenters. The molecule has 1 N–H and O–H groups in total. The van der Waals surface area contributed by atoms with Crippen LogP contribution in [0.5, 0.6) is 0 Å². The van der Waals surface area contributed by atoms with E-state index < -0.39 is 0 Å². The number of fused-ring (bicyclic) bond motifs is 3. The molecule has 1 aromatic carbocycles. The van der Waals surface area contributed by atoms with Gasteiger partial charge in [-0.3, -0.25) is 5.10 Å². The number of hydrogen-bond acceptors (Lipinski definition) is 4. The monoisotopic (exact) mass is 284 g/mol. The van der Waals surface area contributed by atoms with Crippen LogP contribution in [0.4, 0.5) is 0 Å². The van der Waals surface area contributed by atoms with Gasteiger partial charge < -0.3 is 0 Å². The molecule has 3 heterocycles. The lowest BCUT2D eigenvalue weighted by Crippen LogP contribution is -1.94. The van der Waals surface area contributed by atoms with Crippen molar-refractivity contribution in [3.8, 4) is 11.5 Å². The highest BCUT2D eigenvalue weighted by Crippen LogP contribution is 2.23. The number of aryl methyl sites for hydroxylation is 1. The highest BCUT2D eigenvalue weighted by Gasteiger charge is 2.14. The summed E-state index contributed by atoms with van der Waals surface area (Å²) in [6.07, 6.45) is 0. The number of halogens is 1. The fourth-order valence-electron chi connectivity index (χ4n) is 2.16. The Morgan fingerprint density at radius 3 is 2.85 bits per heavy atom. The fraction of sp³-hybridized carbons (Fsp3) is 0.0769. The normalized spacial score (nSPS) is 11.5. The molecule has 6 nitrogen and oxygen atoms in total. The third-order valence-corrected chi connectivity index (χ3v) is 3.32. The standard InChI is InChI=1S/C13H9ClN6/c1-7-6-10(18-17-7)11-16-12-8-4-2-3-5-9(8)15-13(14)20(12)19-11/h2-6H,1H3,(H,17,18). The van der Waals surface area contributed by atoms with Crippen molar-refractivity contribution in [2.75, 3.05) is 0 Å². The molecule has 0 radical (unpaired) electrons. The first-order valence-corrected chi connectivity index (χ1v) is 6.43. The third kappa shape index (κ3) is 1.58.